The van der Waals surface area contributed by atoms with Gasteiger partial charge < -0.3 is 4.42 Å². The zero-order chi connectivity index (χ0) is 18.9. The molecule has 134 valence electrons. The van der Waals surface area contributed by atoms with Crippen LogP contribution in [0.2, 0.25) is 0 Å². The summed E-state index contributed by atoms with van der Waals surface area (Å²) in [5.41, 5.74) is 2.33. The zero-order valence-electron chi connectivity index (χ0n) is 14.6. The Morgan fingerprint density at radius 1 is 1.08 bits per heavy atom. The summed E-state index contributed by atoms with van der Waals surface area (Å²) in [5, 5.41) is 0. The fraction of sp³-hybridized carbons (Fsp3) is 0.158. The molecular weight excluding hydrogens is 352 g/mol. The third kappa shape index (κ3) is 3.67. The number of nitrogens with one attached hydrogen (secondary N) is 1. The molecule has 0 spiro atoms. The molecule has 0 unspecified atom stereocenters. The van der Waals surface area contributed by atoms with Gasteiger partial charge in [-0.2, -0.15) is 0 Å². The summed E-state index contributed by atoms with van der Waals surface area (Å²) >= 11 is 0. The van der Waals surface area contributed by atoms with Crippen molar-refractivity contribution in [1.82, 2.24) is 4.98 Å². The van der Waals surface area contributed by atoms with Gasteiger partial charge in [-0.25, -0.2) is 13.4 Å². The molecule has 6 nitrogen and oxygen atoms in total. The highest BCUT2D eigenvalue weighted by molar-refractivity contribution is 7.92. The molecule has 3 rings (SSSR count). The Kier molecular flexibility index (Phi) is 4.65. The van der Waals surface area contributed by atoms with Gasteiger partial charge in [0.15, 0.2) is 11.7 Å². The van der Waals surface area contributed by atoms with Crippen LogP contribution in [-0.2, 0) is 10.0 Å². The van der Waals surface area contributed by atoms with E-state index in [4.69, 9.17) is 4.42 Å². The number of ketones is 1. The number of aromatic nitrogens is 1. The van der Waals surface area contributed by atoms with E-state index in [-0.39, 0.29) is 10.7 Å². The van der Waals surface area contributed by atoms with Gasteiger partial charge >= 0.3 is 0 Å². The van der Waals surface area contributed by atoms with Gasteiger partial charge in [-0.15, -0.1) is 0 Å². The van der Waals surface area contributed by atoms with E-state index in [1.807, 2.05) is 6.92 Å². The Balaban J connectivity index is 1.85. The predicted molar refractivity (Wildman–Crippen MR) is 98.7 cm³/mol. The molecule has 0 saturated heterocycles. The van der Waals surface area contributed by atoms with Crippen LogP contribution in [0.25, 0.3) is 11.3 Å². The molecule has 0 aliphatic carbocycles. The first-order chi connectivity index (χ1) is 12.3. The fourth-order valence-corrected chi connectivity index (χ4v) is 3.69. The topological polar surface area (TPSA) is 89.3 Å². The van der Waals surface area contributed by atoms with E-state index in [1.165, 1.54) is 19.1 Å². The molecule has 0 saturated carbocycles. The summed E-state index contributed by atoms with van der Waals surface area (Å²) in [5.74, 6) is 1.09. The molecule has 0 aliphatic rings. The maximum atomic E-state index is 12.5. The van der Waals surface area contributed by atoms with E-state index in [0.717, 1.165) is 11.3 Å². The van der Waals surface area contributed by atoms with E-state index in [9.17, 15) is 13.2 Å². The molecule has 2 aromatic carbocycles. The van der Waals surface area contributed by atoms with E-state index in [2.05, 4.69) is 9.71 Å². The average Bonchev–Trinajstić information content (AvgIpc) is 2.94. The van der Waals surface area contributed by atoms with Gasteiger partial charge in [-0.3, -0.25) is 9.52 Å². The number of oxazole rings is 1. The Morgan fingerprint density at radius 3 is 2.35 bits per heavy atom. The molecule has 0 fully saturated rings. The summed E-state index contributed by atoms with van der Waals surface area (Å²) in [7, 11) is -3.79. The van der Waals surface area contributed by atoms with Crippen molar-refractivity contribution in [1.29, 1.82) is 0 Å². The summed E-state index contributed by atoms with van der Waals surface area (Å²) < 4.78 is 33.0. The van der Waals surface area contributed by atoms with Crippen LogP contribution in [0.1, 0.15) is 28.9 Å². The summed E-state index contributed by atoms with van der Waals surface area (Å²) in [6.07, 6.45) is 0. The molecule has 1 heterocycles. The van der Waals surface area contributed by atoms with Gasteiger partial charge in [0.25, 0.3) is 10.0 Å². The number of carbonyl (C=O) groups is 1. The zero-order valence-corrected chi connectivity index (χ0v) is 15.4. The lowest BCUT2D eigenvalue weighted by Crippen LogP contribution is -2.13. The van der Waals surface area contributed by atoms with Gasteiger partial charge in [0.1, 0.15) is 11.5 Å². The predicted octanol–water partition coefficient (Wildman–Crippen LogP) is 3.96. The molecule has 0 bridgehead atoms. The number of benzene rings is 2. The normalized spacial score (nSPS) is 11.3. The maximum absolute atomic E-state index is 12.5. The van der Waals surface area contributed by atoms with Crippen molar-refractivity contribution in [3.63, 3.8) is 0 Å². The fourth-order valence-electron chi connectivity index (χ4n) is 2.59. The van der Waals surface area contributed by atoms with Crippen LogP contribution in [0.15, 0.2) is 57.8 Å². The van der Waals surface area contributed by atoms with Crippen molar-refractivity contribution in [3.8, 4) is 11.3 Å². The van der Waals surface area contributed by atoms with Crippen LogP contribution in [0.3, 0.4) is 0 Å². The van der Waals surface area contributed by atoms with Gasteiger partial charge in [-0.1, -0.05) is 24.3 Å². The molecule has 0 radical (unpaired) electrons. The number of nitrogens with zero attached hydrogens (tertiary/aromatic N) is 1. The molecule has 1 aromatic heterocycles. The van der Waals surface area contributed by atoms with Gasteiger partial charge in [-0.05, 0) is 38.1 Å². The van der Waals surface area contributed by atoms with Gasteiger partial charge in [0.2, 0.25) is 0 Å². The highest BCUT2D eigenvalue weighted by Gasteiger charge is 2.16. The van der Waals surface area contributed by atoms with Crippen LogP contribution in [0, 0.1) is 13.8 Å². The second-order valence-corrected chi connectivity index (χ2v) is 7.59. The standard InChI is InChI=1S/C19H18N2O4S/c1-12(22)16-5-4-6-18(11-16)26(23,24)21-17-9-7-15(8-10-17)19-13(2)25-14(3)20-19/h4-11,21H,1-3H3. The van der Waals surface area contributed by atoms with Crippen LogP contribution < -0.4 is 4.72 Å². The van der Waals surface area contributed by atoms with E-state index < -0.39 is 10.0 Å². The van der Waals surface area contributed by atoms with E-state index in [0.29, 0.717) is 22.9 Å². The molecule has 0 aliphatic heterocycles. The minimum Gasteiger partial charge on any atom is -0.446 e. The smallest absolute Gasteiger partial charge is 0.261 e. The number of sulfonamides is 1. The van der Waals surface area contributed by atoms with Crippen molar-refractivity contribution in [2.24, 2.45) is 0 Å². The summed E-state index contributed by atoms with van der Waals surface area (Å²) in [6, 6.07) is 12.8. The molecular formula is C19H18N2O4S. The van der Waals surface area contributed by atoms with Crippen molar-refractivity contribution >= 4 is 21.5 Å². The van der Waals surface area contributed by atoms with Crippen LogP contribution in [-0.4, -0.2) is 19.2 Å². The van der Waals surface area contributed by atoms with Crippen molar-refractivity contribution in [3.05, 3.63) is 65.7 Å². The number of rotatable bonds is 5. The largest absolute Gasteiger partial charge is 0.446 e. The number of aryl methyl sites for hydroxylation is 2. The highest BCUT2D eigenvalue weighted by atomic mass is 32.2. The van der Waals surface area contributed by atoms with Crippen molar-refractivity contribution in [2.75, 3.05) is 4.72 Å². The van der Waals surface area contributed by atoms with E-state index in [1.54, 1.807) is 43.3 Å². The average molecular weight is 370 g/mol. The summed E-state index contributed by atoms with van der Waals surface area (Å²) in [6.45, 7) is 4.99. The number of carbonyl (C=O) groups excluding carboxylic acids is 1. The Bertz CT molecular complexity index is 1070. The molecule has 0 atom stereocenters. The van der Waals surface area contributed by atoms with Gasteiger partial charge in [0, 0.05) is 23.7 Å². The lowest BCUT2D eigenvalue weighted by atomic mass is 10.1. The number of Topliss-reactive ketones (excluding diaryl/α,β-unsaturated/α-hetero) is 1. The van der Waals surface area contributed by atoms with E-state index >= 15 is 0 Å². The molecule has 3 aromatic rings. The van der Waals surface area contributed by atoms with Gasteiger partial charge in [0.05, 0.1) is 4.90 Å². The number of anilines is 1. The maximum Gasteiger partial charge on any atom is 0.261 e. The third-order valence-corrected chi connectivity index (χ3v) is 5.24. The lowest BCUT2D eigenvalue weighted by molar-refractivity contribution is 0.101. The van der Waals surface area contributed by atoms with Crippen molar-refractivity contribution < 1.29 is 17.6 Å². The Morgan fingerprint density at radius 2 is 1.77 bits per heavy atom. The van der Waals surface area contributed by atoms with Crippen LogP contribution >= 0.6 is 0 Å². The van der Waals surface area contributed by atoms with Crippen LogP contribution in [0.4, 0.5) is 5.69 Å². The quantitative estimate of drug-likeness (QED) is 0.687. The van der Waals surface area contributed by atoms with Crippen LogP contribution in [0.5, 0.6) is 0 Å². The SMILES string of the molecule is CC(=O)c1cccc(S(=O)(=O)Nc2ccc(-c3nc(C)oc3C)cc2)c1. The minimum absolute atomic E-state index is 0.0391. The monoisotopic (exact) mass is 370 g/mol. The number of hydrogen-bond donors (Lipinski definition) is 1. The molecule has 0 amide bonds. The first kappa shape index (κ1) is 17.9. The first-order valence-corrected chi connectivity index (χ1v) is 9.43. The molecule has 26 heavy (non-hydrogen) atoms. The Hall–Kier alpha value is -2.93. The Labute approximate surface area is 151 Å². The second kappa shape index (κ2) is 6.76. The second-order valence-electron chi connectivity index (χ2n) is 5.90. The molecule has 1 N–H and O–H groups in total. The summed E-state index contributed by atoms with van der Waals surface area (Å²) in [4.78, 5) is 15.8. The number of hydrogen-bond acceptors (Lipinski definition) is 5. The first-order valence-electron chi connectivity index (χ1n) is 7.94. The highest BCUT2D eigenvalue weighted by Crippen LogP contribution is 2.25. The lowest BCUT2D eigenvalue weighted by Gasteiger charge is -2.09. The minimum atomic E-state index is -3.79. The molecule has 7 heteroatoms. The van der Waals surface area contributed by atoms with Crippen molar-refractivity contribution in [2.45, 2.75) is 25.7 Å². The third-order valence-electron chi connectivity index (χ3n) is 3.86.